The Balaban J connectivity index is 2.02. The summed E-state index contributed by atoms with van der Waals surface area (Å²) in [5.74, 6) is 0.301. The van der Waals surface area contributed by atoms with Gasteiger partial charge in [0.2, 0.25) is 0 Å². The normalized spacial score (nSPS) is 14.4. The number of nitrogens with one attached hydrogen (secondary N) is 1. The van der Waals surface area contributed by atoms with Crippen molar-refractivity contribution in [2.24, 2.45) is 0 Å². The Morgan fingerprint density at radius 1 is 1.17 bits per heavy atom. The highest BCUT2D eigenvalue weighted by Gasteiger charge is 2.13. The van der Waals surface area contributed by atoms with E-state index in [0.717, 1.165) is 10.6 Å². The molecule has 1 heterocycles. The van der Waals surface area contributed by atoms with Gasteiger partial charge >= 0.3 is 0 Å². The second-order valence-electron chi connectivity index (χ2n) is 4.51. The van der Waals surface area contributed by atoms with Gasteiger partial charge in [0.1, 0.15) is 10.8 Å². The van der Waals surface area contributed by atoms with Gasteiger partial charge in [-0.1, -0.05) is 12.1 Å². The predicted octanol–water partition coefficient (Wildman–Crippen LogP) is 3.57. The van der Waals surface area contributed by atoms with Gasteiger partial charge < -0.3 is 10.4 Å². The Bertz CT molecular complexity index is 507. The molecule has 0 aliphatic carbocycles. The molecule has 1 aromatic heterocycles. The molecule has 0 spiro atoms. The fourth-order valence-electron chi connectivity index (χ4n) is 1.88. The third-order valence-electron chi connectivity index (χ3n) is 2.90. The number of hydrogen-bond donors (Lipinski definition) is 2. The van der Waals surface area contributed by atoms with Crippen LogP contribution in [0.2, 0.25) is 0 Å². The number of rotatable bonds is 4. The van der Waals surface area contributed by atoms with Gasteiger partial charge in [-0.3, -0.25) is 0 Å². The fraction of sp³-hybridized carbons (Fsp3) is 0.357. The van der Waals surface area contributed by atoms with Crippen LogP contribution in [0.3, 0.4) is 0 Å². The quantitative estimate of drug-likeness (QED) is 0.885. The molecule has 0 aliphatic rings. The van der Waals surface area contributed by atoms with Crippen LogP contribution in [0.25, 0.3) is 0 Å². The zero-order valence-corrected chi connectivity index (χ0v) is 11.7. The third-order valence-corrected chi connectivity index (χ3v) is 4.00. The van der Waals surface area contributed by atoms with E-state index in [1.54, 1.807) is 23.5 Å². The first-order valence-electron chi connectivity index (χ1n) is 6.03. The van der Waals surface area contributed by atoms with E-state index in [9.17, 15) is 5.11 Å². The van der Waals surface area contributed by atoms with Gasteiger partial charge in [0, 0.05) is 17.1 Å². The van der Waals surface area contributed by atoms with Crippen LogP contribution in [0.5, 0.6) is 5.75 Å². The molecule has 96 valence electrons. The monoisotopic (exact) mass is 262 g/mol. The van der Waals surface area contributed by atoms with Crippen LogP contribution in [0, 0.1) is 6.92 Å². The highest BCUT2D eigenvalue weighted by atomic mass is 32.1. The summed E-state index contributed by atoms with van der Waals surface area (Å²) in [6, 6.07) is 7.76. The Labute approximate surface area is 112 Å². The van der Waals surface area contributed by atoms with E-state index in [-0.39, 0.29) is 12.1 Å². The molecule has 2 N–H and O–H groups in total. The summed E-state index contributed by atoms with van der Waals surface area (Å²) in [5, 5.41) is 13.9. The van der Waals surface area contributed by atoms with Crippen molar-refractivity contribution in [3.05, 3.63) is 45.9 Å². The summed E-state index contributed by atoms with van der Waals surface area (Å²) in [7, 11) is 0. The number of aromatic nitrogens is 1. The van der Waals surface area contributed by atoms with Gasteiger partial charge in [-0.2, -0.15) is 0 Å². The van der Waals surface area contributed by atoms with Crippen molar-refractivity contribution in [3.8, 4) is 5.75 Å². The molecular formula is C14H18N2OS. The molecule has 3 nitrogen and oxygen atoms in total. The zero-order chi connectivity index (χ0) is 13.1. The lowest BCUT2D eigenvalue weighted by Gasteiger charge is -2.18. The Morgan fingerprint density at radius 3 is 2.39 bits per heavy atom. The number of phenols is 1. The van der Waals surface area contributed by atoms with E-state index in [4.69, 9.17) is 0 Å². The number of aryl methyl sites for hydroxylation is 1. The minimum Gasteiger partial charge on any atom is -0.508 e. The van der Waals surface area contributed by atoms with Crippen LogP contribution in [0.1, 0.15) is 41.4 Å². The van der Waals surface area contributed by atoms with Crippen molar-refractivity contribution in [2.45, 2.75) is 32.9 Å². The molecule has 0 bridgehead atoms. The lowest BCUT2D eigenvalue weighted by Crippen LogP contribution is -2.22. The summed E-state index contributed by atoms with van der Waals surface area (Å²) < 4.78 is 0. The van der Waals surface area contributed by atoms with Crippen LogP contribution >= 0.6 is 11.3 Å². The summed E-state index contributed by atoms with van der Waals surface area (Å²) in [6.07, 6.45) is 1.91. The fourth-order valence-corrected chi connectivity index (χ4v) is 2.66. The molecule has 0 radical (unpaired) electrons. The molecule has 2 aromatic rings. The zero-order valence-electron chi connectivity index (χ0n) is 10.8. The molecule has 18 heavy (non-hydrogen) atoms. The molecular weight excluding hydrogens is 244 g/mol. The summed E-state index contributed by atoms with van der Waals surface area (Å²) in [5.41, 5.74) is 1.16. The SMILES string of the molecule is Cc1cnc(C(C)NC(C)c2ccc(O)cc2)s1. The average molecular weight is 262 g/mol. The second kappa shape index (κ2) is 5.50. The molecule has 1 aromatic carbocycles. The van der Waals surface area contributed by atoms with Crippen molar-refractivity contribution in [1.82, 2.24) is 10.3 Å². The van der Waals surface area contributed by atoms with Crippen molar-refractivity contribution in [3.63, 3.8) is 0 Å². The van der Waals surface area contributed by atoms with Gasteiger partial charge in [0.25, 0.3) is 0 Å². The van der Waals surface area contributed by atoms with Crippen LogP contribution in [0.4, 0.5) is 0 Å². The molecule has 2 unspecified atom stereocenters. The van der Waals surface area contributed by atoms with E-state index in [2.05, 4.69) is 31.1 Å². The van der Waals surface area contributed by atoms with E-state index in [1.165, 1.54) is 4.88 Å². The Morgan fingerprint density at radius 2 is 1.83 bits per heavy atom. The maximum absolute atomic E-state index is 9.27. The highest BCUT2D eigenvalue weighted by molar-refractivity contribution is 7.11. The van der Waals surface area contributed by atoms with E-state index in [1.807, 2.05) is 18.3 Å². The third kappa shape index (κ3) is 3.09. The molecule has 4 heteroatoms. The molecule has 0 fully saturated rings. The van der Waals surface area contributed by atoms with Crippen molar-refractivity contribution in [1.29, 1.82) is 0 Å². The Hall–Kier alpha value is -1.39. The lowest BCUT2D eigenvalue weighted by atomic mass is 10.1. The molecule has 2 rings (SSSR count). The van der Waals surface area contributed by atoms with Crippen LogP contribution in [-0.2, 0) is 0 Å². The minimum atomic E-state index is 0.227. The topological polar surface area (TPSA) is 45.2 Å². The number of benzene rings is 1. The molecule has 2 atom stereocenters. The maximum Gasteiger partial charge on any atom is 0.115 e. The predicted molar refractivity (Wildman–Crippen MR) is 74.9 cm³/mol. The highest BCUT2D eigenvalue weighted by Crippen LogP contribution is 2.23. The van der Waals surface area contributed by atoms with Crippen LogP contribution in [-0.4, -0.2) is 10.1 Å². The van der Waals surface area contributed by atoms with Gasteiger partial charge in [-0.15, -0.1) is 11.3 Å². The average Bonchev–Trinajstić information content (AvgIpc) is 2.76. The molecule has 0 aliphatic heterocycles. The van der Waals surface area contributed by atoms with Gasteiger partial charge in [0.05, 0.1) is 6.04 Å². The smallest absolute Gasteiger partial charge is 0.115 e. The number of thiazole rings is 1. The lowest BCUT2D eigenvalue weighted by molar-refractivity contribution is 0.472. The second-order valence-corrected chi connectivity index (χ2v) is 5.78. The minimum absolute atomic E-state index is 0.227. The Kier molecular flexibility index (Phi) is 3.99. The molecule has 0 amide bonds. The van der Waals surface area contributed by atoms with Crippen molar-refractivity contribution >= 4 is 11.3 Å². The van der Waals surface area contributed by atoms with E-state index < -0.39 is 0 Å². The summed E-state index contributed by atoms with van der Waals surface area (Å²) >= 11 is 1.72. The number of phenolic OH excluding ortho intramolecular Hbond substituents is 1. The number of nitrogens with zero attached hydrogens (tertiary/aromatic N) is 1. The maximum atomic E-state index is 9.27. The summed E-state index contributed by atoms with van der Waals surface area (Å²) in [4.78, 5) is 5.62. The number of aromatic hydroxyl groups is 1. The van der Waals surface area contributed by atoms with Crippen LogP contribution < -0.4 is 5.32 Å². The molecule has 0 saturated carbocycles. The van der Waals surface area contributed by atoms with E-state index >= 15 is 0 Å². The van der Waals surface area contributed by atoms with Crippen molar-refractivity contribution in [2.75, 3.05) is 0 Å². The first kappa shape index (κ1) is 13.1. The van der Waals surface area contributed by atoms with Crippen molar-refractivity contribution < 1.29 is 5.11 Å². The van der Waals surface area contributed by atoms with Gasteiger partial charge in [0.15, 0.2) is 0 Å². The first-order valence-corrected chi connectivity index (χ1v) is 6.85. The van der Waals surface area contributed by atoms with Gasteiger partial charge in [-0.05, 0) is 38.5 Å². The largest absolute Gasteiger partial charge is 0.508 e. The standard InChI is InChI=1S/C14H18N2OS/c1-9-8-15-14(18-9)11(3)16-10(2)12-4-6-13(17)7-5-12/h4-8,10-11,16-17H,1-3H3. The first-order chi connectivity index (χ1) is 8.56. The molecule has 0 saturated heterocycles. The summed E-state index contributed by atoms with van der Waals surface area (Å²) in [6.45, 7) is 6.30. The number of hydrogen-bond acceptors (Lipinski definition) is 4. The van der Waals surface area contributed by atoms with Gasteiger partial charge in [-0.25, -0.2) is 4.98 Å². The van der Waals surface area contributed by atoms with Crippen LogP contribution in [0.15, 0.2) is 30.5 Å². The van der Waals surface area contributed by atoms with E-state index in [0.29, 0.717) is 5.75 Å².